The molecule has 0 unspecified atom stereocenters. The van der Waals surface area contributed by atoms with Gasteiger partial charge in [-0.3, -0.25) is 0 Å². The van der Waals surface area contributed by atoms with Crippen molar-refractivity contribution in [2.75, 3.05) is 23.7 Å². The molecule has 0 aliphatic carbocycles. The summed E-state index contributed by atoms with van der Waals surface area (Å²) in [6.07, 6.45) is 0. The lowest BCUT2D eigenvalue weighted by molar-refractivity contribution is 0.637. The number of anilines is 1. The van der Waals surface area contributed by atoms with E-state index >= 15 is 0 Å². The first-order valence-electron chi connectivity index (χ1n) is 6.31. The lowest BCUT2D eigenvalue weighted by Gasteiger charge is -2.38. The maximum absolute atomic E-state index is 4.70. The topological polar surface area (TPSA) is 29.0 Å². The largest absolute Gasteiger partial charge is 0.354 e. The molecule has 1 fully saturated rings. The second kappa shape index (κ2) is 5.37. The highest BCUT2D eigenvalue weighted by Gasteiger charge is 2.28. The second-order valence-electron chi connectivity index (χ2n) is 5.59. The number of rotatable bonds is 2. The summed E-state index contributed by atoms with van der Waals surface area (Å²) >= 11 is 5.53. The van der Waals surface area contributed by atoms with Crippen LogP contribution in [0.4, 0.5) is 5.82 Å². The highest BCUT2D eigenvalue weighted by atomic mass is 79.9. The molecule has 5 heteroatoms. The third kappa shape index (κ3) is 3.38. The Morgan fingerprint density at radius 2 is 2.11 bits per heavy atom. The van der Waals surface area contributed by atoms with Crippen LogP contribution >= 0.6 is 27.7 Å². The molecule has 100 valence electrons. The van der Waals surface area contributed by atoms with Crippen molar-refractivity contribution in [1.82, 2.24) is 9.97 Å². The van der Waals surface area contributed by atoms with E-state index in [0.29, 0.717) is 10.7 Å². The number of hydrogen-bond acceptors (Lipinski definition) is 4. The molecule has 1 aromatic rings. The predicted octanol–water partition coefficient (Wildman–Crippen LogP) is 3.69. The Morgan fingerprint density at radius 1 is 1.39 bits per heavy atom. The first kappa shape index (κ1) is 14.1. The van der Waals surface area contributed by atoms with E-state index in [1.54, 1.807) is 0 Å². The molecule has 2 rings (SSSR count). The molecule has 0 bridgehead atoms. The summed E-state index contributed by atoms with van der Waals surface area (Å²) in [4.78, 5) is 11.5. The summed E-state index contributed by atoms with van der Waals surface area (Å²) in [7, 11) is 0. The molecule has 0 saturated carbocycles. The van der Waals surface area contributed by atoms with Gasteiger partial charge in [0.15, 0.2) is 0 Å². The first-order valence-corrected chi connectivity index (χ1v) is 8.09. The van der Waals surface area contributed by atoms with Crippen molar-refractivity contribution in [1.29, 1.82) is 0 Å². The van der Waals surface area contributed by atoms with E-state index < -0.39 is 0 Å². The third-order valence-electron chi connectivity index (χ3n) is 2.96. The van der Waals surface area contributed by atoms with Crippen LogP contribution in [0.2, 0.25) is 0 Å². The zero-order valence-electron chi connectivity index (χ0n) is 11.4. The summed E-state index contributed by atoms with van der Waals surface area (Å²) in [5, 5.41) is 0. The number of halogens is 1. The molecule has 0 N–H and O–H groups in total. The lowest BCUT2D eigenvalue weighted by Crippen LogP contribution is -2.43. The van der Waals surface area contributed by atoms with E-state index in [0.717, 1.165) is 35.1 Å². The maximum Gasteiger partial charge on any atom is 0.134 e. The van der Waals surface area contributed by atoms with Crippen LogP contribution in [0.1, 0.15) is 39.4 Å². The molecule has 1 aliphatic heterocycles. The normalized spacial score (nSPS) is 19.3. The number of thioether (sulfide) groups is 1. The van der Waals surface area contributed by atoms with E-state index in [1.807, 2.05) is 17.8 Å². The predicted molar refractivity (Wildman–Crippen MR) is 82.6 cm³/mol. The molecular formula is C13H20BrN3S. The lowest BCUT2D eigenvalue weighted by atomic mass is 10.2. The van der Waals surface area contributed by atoms with Gasteiger partial charge in [0.05, 0.1) is 0 Å². The molecule has 0 radical (unpaired) electrons. The molecule has 2 heterocycles. The minimum atomic E-state index is 0.299. The summed E-state index contributed by atoms with van der Waals surface area (Å²) in [5.41, 5.74) is 0. The average molecular weight is 330 g/mol. The quantitative estimate of drug-likeness (QED) is 0.774. The Hall–Kier alpha value is -0.290. The minimum Gasteiger partial charge on any atom is -0.354 e. The van der Waals surface area contributed by atoms with Crippen LogP contribution in [-0.4, -0.2) is 33.6 Å². The van der Waals surface area contributed by atoms with Gasteiger partial charge in [0, 0.05) is 35.6 Å². The van der Waals surface area contributed by atoms with Gasteiger partial charge in [0.2, 0.25) is 0 Å². The Labute approximate surface area is 122 Å². The van der Waals surface area contributed by atoms with E-state index in [4.69, 9.17) is 4.98 Å². The standard InChI is InChI=1S/C13H20BrN3S/c1-9(2)12-15-10(14)7-11(16-12)17-5-6-18-13(3,4)8-17/h7,9H,5-6,8H2,1-4H3. The minimum absolute atomic E-state index is 0.299. The van der Waals surface area contributed by atoms with Crippen molar-refractivity contribution in [2.45, 2.75) is 38.4 Å². The Kier molecular flexibility index (Phi) is 4.22. The van der Waals surface area contributed by atoms with Crippen molar-refractivity contribution >= 4 is 33.5 Å². The molecular weight excluding hydrogens is 310 g/mol. The van der Waals surface area contributed by atoms with Crippen LogP contribution in [0.3, 0.4) is 0 Å². The van der Waals surface area contributed by atoms with Gasteiger partial charge >= 0.3 is 0 Å². The van der Waals surface area contributed by atoms with E-state index in [-0.39, 0.29) is 0 Å². The van der Waals surface area contributed by atoms with Gasteiger partial charge in [-0.2, -0.15) is 11.8 Å². The zero-order valence-corrected chi connectivity index (χ0v) is 13.8. The van der Waals surface area contributed by atoms with Crippen LogP contribution < -0.4 is 4.90 Å². The number of nitrogens with zero attached hydrogens (tertiary/aromatic N) is 3. The molecule has 3 nitrogen and oxygen atoms in total. The highest BCUT2D eigenvalue weighted by Crippen LogP contribution is 2.32. The zero-order chi connectivity index (χ0) is 13.3. The van der Waals surface area contributed by atoms with Crippen molar-refractivity contribution in [3.63, 3.8) is 0 Å². The monoisotopic (exact) mass is 329 g/mol. The number of hydrogen-bond donors (Lipinski definition) is 0. The Bertz CT molecular complexity index is 434. The van der Waals surface area contributed by atoms with Crippen molar-refractivity contribution in [3.05, 3.63) is 16.5 Å². The molecule has 0 atom stereocenters. The summed E-state index contributed by atoms with van der Waals surface area (Å²) < 4.78 is 1.18. The smallest absolute Gasteiger partial charge is 0.134 e. The molecule has 0 spiro atoms. The Morgan fingerprint density at radius 3 is 2.72 bits per heavy atom. The van der Waals surface area contributed by atoms with Crippen molar-refractivity contribution < 1.29 is 0 Å². The van der Waals surface area contributed by atoms with Gasteiger partial charge in [-0.25, -0.2) is 9.97 Å². The molecule has 18 heavy (non-hydrogen) atoms. The van der Waals surface area contributed by atoms with E-state index in [2.05, 4.69) is 53.5 Å². The van der Waals surface area contributed by atoms with Crippen LogP contribution in [0.15, 0.2) is 10.7 Å². The first-order chi connectivity index (χ1) is 8.37. The SMILES string of the molecule is CC(C)c1nc(Br)cc(N2CCSC(C)(C)C2)n1. The Balaban J connectivity index is 2.27. The van der Waals surface area contributed by atoms with Gasteiger partial charge < -0.3 is 4.90 Å². The fourth-order valence-corrected chi connectivity index (χ4v) is 3.55. The van der Waals surface area contributed by atoms with Gasteiger partial charge in [0.25, 0.3) is 0 Å². The third-order valence-corrected chi connectivity index (χ3v) is 4.67. The molecule has 1 aliphatic rings. The molecule has 0 aromatic carbocycles. The van der Waals surface area contributed by atoms with Gasteiger partial charge in [-0.15, -0.1) is 0 Å². The molecule has 1 saturated heterocycles. The van der Waals surface area contributed by atoms with E-state index in [9.17, 15) is 0 Å². The van der Waals surface area contributed by atoms with Gasteiger partial charge in [-0.05, 0) is 29.8 Å². The number of aromatic nitrogens is 2. The second-order valence-corrected chi connectivity index (χ2v) is 8.21. The van der Waals surface area contributed by atoms with Crippen LogP contribution in [0.25, 0.3) is 0 Å². The fraction of sp³-hybridized carbons (Fsp3) is 0.692. The van der Waals surface area contributed by atoms with Gasteiger partial charge in [-0.1, -0.05) is 13.8 Å². The van der Waals surface area contributed by atoms with Crippen LogP contribution in [0.5, 0.6) is 0 Å². The molecule has 1 aromatic heterocycles. The van der Waals surface area contributed by atoms with Crippen molar-refractivity contribution in [3.8, 4) is 0 Å². The summed E-state index contributed by atoms with van der Waals surface area (Å²) in [5.74, 6) is 3.48. The summed E-state index contributed by atoms with van der Waals surface area (Å²) in [6, 6.07) is 2.03. The van der Waals surface area contributed by atoms with Crippen molar-refractivity contribution in [2.24, 2.45) is 0 Å². The fourth-order valence-electron chi connectivity index (χ4n) is 2.06. The van der Waals surface area contributed by atoms with Crippen LogP contribution in [0, 0.1) is 0 Å². The summed E-state index contributed by atoms with van der Waals surface area (Å²) in [6.45, 7) is 10.9. The molecule has 0 amide bonds. The highest BCUT2D eigenvalue weighted by molar-refractivity contribution is 9.10. The van der Waals surface area contributed by atoms with E-state index in [1.165, 1.54) is 0 Å². The maximum atomic E-state index is 4.70. The van der Waals surface area contributed by atoms with Crippen LogP contribution in [-0.2, 0) is 0 Å². The van der Waals surface area contributed by atoms with Gasteiger partial charge in [0.1, 0.15) is 16.2 Å². The average Bonchev–Trinajstić information content (AvgIpc) is 2.26.